The van der Waals surface area contributed by atoms with Gasteiger partial charge in [0.15, 0.2) is 6.10 Å². The summed E-state index contributed by atoms with van der Waals surface area (Å²) < 4.78 is 5.19. The number of carbonyl (C=O) groups excluding carboxylic acids is 3. The van der Waals surface area contributed by atoms with Gasteiger partial charge in [-0.1, -0.05) is 60.3 Å². The Labute approximate surface area is 161 Å². The number of hydrogen-bond donors (Lipinski definition) is 1. The SMILES string of the molecule is C[C@H](OC(=O)CN1CCSC1=O)C(=O)Nc1ccccc1-c1ccccc1. The van der Waals surface area contributed by atoms with Crippen LogP contribution < -0.4 is 5.32 Å². The summed E-state index contributed by atoms with van der Waals surface area (Å²) in [5.41, 5.74) is 2.50. The molecule has 0 aliphatic carbocycles. The Morgan fingerprint density at radius 2 is 1.85 bits per heavy atom. The van der Waals surface area contributed by atoms with E-state index in [1.807, 2.05) is 48.5 Å². The van der Waals surface area contributed by atoms with Crippen molar-refractivity contribution < 1.29 is 19.1 Å². The van der Waals surface area contributed by atoms with Crippen LogP contribution in [0.25, 0.3) is 11.1 Å². The predicted molar refractivity (Wildman–Crippen MR) is 105 cm³/mol. The molecule has 1 heterocycles. The second-order valence-corrected chi connectivity index (χ2v) is 7.12. The molecule has 1 fully saturated rings. The molecule has 0 spiro atoms. The van der Waals surface area contributed by atoms with Crippen LogP contribution in [-0.2, 0) is 14.3 Å². The standard InChI is InChI=1S/C20H20N2O4S/c1-14(26-18(23)13-22-11-12-27-20(22)25)19(24)21-17-10-6-5-9-16(17)15-7-3-2-4-8-15/h2-10,14H,11-13H2,1H3,(H,21,24)/t14-/m0/s1. The van der Waals surface area contributed by atoms with Gasteiger partial charge in [0.05, 0.1) is 0 Å². The van der Waals surface area contributed by atoms with E-state index in [4.69, 9.17) is 4.74 Å². The molecule has 1 saturated heterocycles. The Morgan fingerprint density at radius 1 is 1.15 bits per heavy atom. The van der Waals surface area contributed by atoms with Crippen molar-refractivity contribution in [1.29, 1.82) is 0 Å². The first-order chi connectivity index (χ1) is 13.0. The number of benzene rings is 2. The second-order valence-electron chi connectivity index (χ2n) is 6.07. The van der Waals surface area contributed by atoms with Crippen LogP contribution in [0.1, 0.15) is 6.92 Å². The first kappa shape index (κ1) is 19.0. The summed E-state index contributed by atoms with van der Waals surface area (Å²) in [6.07, 6.45) is -0.966. The van der Waals surface area contributed by atoms with Gasteiger partial charge in [-0.3, -0.25) is 14.4 Å². The summed E-state index contributed by atoms with van der Waals surface area (Å²) >= 11 is 1.17. The molecule has 1 aliphatic rings. The van der Waals surface area contributed by atoms with Gasteiger partial charge in [-0.15, -0.1) is 0 Å². The maximum absolute atomic E-state index is 12.5. The molecule has 1 aliphatic heterocycles. The minimum atomic E-state index is -0.966. The lowest BCUT2D eigenvalue weighted by atomic mass is 10.0. The zero-order valence-electron chi connectivity index (χ0n) is 14.9. The van der Waals surface area contributed by atoms with Crippen LogP contribution in [0.4, 0.5) is 10.5 Å². The number of rotatable bonds is 6. The molecule has 0 aromatic heterocycles. The highest BCUT2D eigenvalue weighted by Gasteiger charge is 2.26. The summed E-state index contributed by atoms with van der Waals surface area (Å²) in [4.78, 5) is 37.4. The van der Waals surface area contributed by atoms with E-state index in [1.54, 1.807) is 6.07 Å². The fraction of sp³-hybridized carbons (Fsp3) is 0.250. The van der Waals surface area contributed by atoms with Gasteiger partial charge >= 0.3 is 5.97 Å². The molecule has 1 atom stereocenters. The van der Waals surface area contributed by atoms with Crippen molar-refractivity contribution in [1.82, 2.24) is 4.90 Å². The lowest BCUT2D eigenvalue weighted by Gasteiger charge is -2.18. The second kappa shape index (κ2) is 8.73. The summed E-state index contributed by atoms with van der Waals surface area (Å²) in [5, 5.41) is 2.68. The Morgan fingerprint density at radius 3 is 2.56 bits per heavy atom. The van der Waals surface area contributed by atoms with Crippen molar-refractivity contribution in [2.24, 2.45) is 0 Å². The van der Waals surface area contributed by atoms with Crippen molar-refractivity contribution in [2.45, 2.75) is 13.0 Å². The van der Waals surface area contributed by atoms with E-state index in [9.17, 15) is 14.4 Å². The van der Waals surface area contributed by atoms with Crippen molar-refractivity contribution in [3.05, 3.63) is 54.6 Å². The van der Waals surface area contributed by atoms with Gasteiger partial charge in [-0.25, -0.2) is 0 Å². The number of hydrogen-bond acceptors (Lipinski definition) is 5. The topological polar surface area (TPSA) is 75.7 Å². The quantitative estimate of drug-likeness (QED) is 0.773. The molecule has 0 radical (unpaired) electrons. The van der Waals surface area contributed by atoms with Gasteiger partial charge in [0.25, 0.3) is 11.1 Å². The highest BCUT2D eigenvalue weighted by Crippen LogP contribution is 2.27. The van der Waals surface area contributed by atoms with Crippen molar-refractivity contribution in [3.8, 4) is 11.1 Å². The van der Waals surface area contributed by atoms with Crippen molar-refractivity contribution >= 4 is 34.6 Å². The van der Waals surface area contributed by atoms with Crippen LogP contribution >= 0.6 is 11.8 Å². The van der Waals surface area contributed by atoms with Gasteiger partial charge in [0.2, 0.25) is 0 Å². The number of nitrogens with zero attached hydrogens (tertiary/aromatic N) is 1. The van der Waals surface area contributed by atoms with Crippen LogP contribution in [-0.4, -0.2) is 47.0 Å². The van der Waals surface area contributed by atoms with Gasteiger partial charge in [-0.05, 0) is 18.6 Å². The van der Waals surface area contributed by atoms with Gasteiger partial charge in [-0.2, -0.15) is 0 Å². The molecular weight excluding hydrogens is 364 g/mol. The molecule has 0 bridgehead atoms. The van der Waals surface area contributed by atoms with Crippen LogP contribution in [0.5, 0.6) is 0 Å². The largest absolute Gasteiger partial charge is 0.451 e. The number of para-hydroxylation sites is 1. The minimum absolute atomic E-state index is 0.135. The number of carbonyl (C=O) groups is 3. The van der Waals surface area contributed by atoms with Crippen LogP contribution in [0, 0.1) is 0 Å². The van der Waals surface area contributed by atoms with E-state index in [0.29, 0.717) is 18.0 Å². The van der Waals surface area contributed by atoms with E-state index in [0.717, 1.165) is 11.1 Å². The average Bonchev–Trinajstić information content (AvgIpc) is 3.07. The number of esters is 1. The summed E-state index contributed by atoms with van der Waals surface area (Å²) in [6.45, 7) is 1.90. The zero-order valence-corrected chi connectivity index (χ0v) is 15.7. The van der Waals surface area contributed by atoms with E-state index in [-0.39, 0.29) is 11.8 Å². The maximum Gasteiger partial charge on any atom is 0.326 e. The number of nitrogens with one attached hydrogen (secondary N) is 1. The third-order valence-corrected chi connectivity index (χ3v) is 5.00. The molecule has 0 saturated carbocycles. The average molecular weight is 384 g/mol. The first-order valence-corrected chi connectivity index (χ1v) is 9.59. The van der Waals surface area contributed by atoms with E-state index < -0.39 is 18.0 Å². The molecule has 1 N–H and O–H groups in total. The van der Waals surface area contributed by atoms with Gasteiger partial charge < -0.3 is 15.0 Å². The summed E-state index contributed by atoms with van der Waals surface area (Å²) in [6, 6.07) is 17.1. The molecule has 2 aromatic rings. The third kappa shape index (κ3) is 4.89. The Bertz CT molecular complexity index is 841. The van der Waals surface area contributed by atoms with Crippen LogP contribution in [0.2, 0.25) is 0 Å². The number of thioether (sulfide) groups is 1. The number of anilines is 1. The zero-order chi connectivity index (χ0) is 19.2. The molecule has 7 heteroatoms. The molecule has 27 heavy (non-hydrogen) atoms. The number of ether oxygens (including phenoxy) is 1. The smallest absolute Gasteiger partial charge is 0.326 e. The van der Waals surface area contributed by atoms with Crippen molar-refractivity contribution in [3.63, 3.8) is 0 Å². The first-order valence-electron chi connectivity index (χ1n) is 8.61. The van der Waals surface area contributed by atoms with Crippen molar-refractivity contribution in [2.75, 3.05) is 24.2 Å². The van der Waals surface area contributed by atoms with Gasteiger partial charge in [0.1, 0.15) is 6.54 Å². The minimum Gasteiger partial charge on any atom is -0.451 e. The molecule has 2 aromatic carbocycles. The normalized spacial score (nSPS) is 14.7. The van der Waals surface area contributed by atoms with E-state index in [1.165, 1.54) is 23.6 Å². The lowest BCUT2D eigenvalue weighted by Crippen LogP contribution is -2.36. The maximum atomic E-state index is 12.5. The molecule has 6 nitrogen and oxygen atoms in total. The monoisotopic (exact) mass is 384 g/mol. The highest BCUT2D eigenvalue weighted by molar-refractivity contribution is 8.13. The molecule has 140 valence electrons. The third-order valence-electron chi connectivity index (χ3n) is 4.11. The Balaban J connectivity index is 1.62. The predicted octanol–water partition coefficient (Wildman–Crippen LogP) is 3.39. The molecular formula is C20H20N2O4S. The molecule has 2 amide bonds. The summed E-state index contributed by atoms with van der Waals surface area (Å²) in [5.74, 6) is -0.350. The Hall–Kier alpha value is -2.80. The lowest BCUT2D eigenvalue weighted by molar-refractivity contribution is -0.153. The molecule has 0 unspecified atom stereocenters. The van der Waals surface area contributed by atoms with E-state index >= 15 is 0 Å². The van der Waals surface area contributed by atoms with Crippen LogP contribution in [0.3, 0.4) is 0 Å². The fourth-order valence-electron chi connectivity index (χ4n) is 2.71. The highest BCUT2D eigenvalue weighted by atomic mass is 32.2. The van der Waals surface area contributed by atoms with Gasteiger partial charge in [0, 0.05) is 23.5 Å². The molecule has 3 rings (SSSR count). The van der Waals surface area contributed by atoms with E-state index in [2.05, 4.69) is 5.32 Å². The van der Waals surface area contributed by atoms with Crippen LogP contribution in [0.15, 0.2) is 54.6 Å². The number of amides is 2. The Kier molecular flexibility index (Phi) is 6.13. The summed E-state index contributed by atoms with van der Waals surface area (Å²) in [7, 11) is 0. The fourth-order valence-corrected chi connectivity index (χ4v) is 3.53.